The van der Waals surface area contributed by atoms with E-state index in [1.54, 1.807) is 17.1 Å². The molecule has 1 atom stereocenters. The van der Waals surface area contributed by atoms with Crippen molar-refractivity contribution >= 4 is 22.1 Å². The Kier molecular flexibility index (Phi) is 4.92. The van der Waals surface area contributed by atoms with Crippen molar-refractivity contribution in [2.45, 2.75) is 25.2 Å². The molecule has 0 saturated carbocycles. The number of rotatable bonds is 3. The second-order valence-corrected chi connectivity index (χ2v) is 8.20. The minimum atomic E-state index is -5.04. The van der Waals surface area contributed by atoms with Crippen LogP contribution in [0.4, 0.5) is 28.9 Å². The fourth-order valence-corrected chi connectivity index (χ4v) is 4.39. The highest BCUT2D eigenvalue weighted by Gasteiger charge is 2.57. The molecule has 0 fully saturated rings. The molecule has 4 aromatic rings. The zero-order chi connectivity index (χ0) is 23.4. The van der Waals surface area contributed by atoms with Gasteiger partial charge < -0.3 is 5.11 Å². The summed E-state index contributed by atoms with van der Waals surface area (Å²) in [4.78, 5) is 0. The van der Waals surface area contributed by atoms with E-state index in [1.807, 2.05) is 31.2 Å². The summed E-state index contributed by atoms with van der Waals surface area (Å²) in [5, 5.41) is 13.1. The summed E-state index contributed by atoms with van der Waals surface area (Å²) < 4.78 is 57.7. The first-order valence-electron chi connectivity index (χ1n) is 10.4. The predicted molar refractivity (Wildman–Crippen MR) is 120 cm³/mol. The molecule has 1 aliphatic rings. The van der Waals surface area contributed by atoms with Gasteiger partial charge in [-0.15, -0.1) is 0 Å². The molecule has 1 aliphatic heterocycles. The number of aliphatic hydroxyl groups is 1. The van der Waals surface area contributed by atoms with E-state index in [0.29, 0.717) is 17.8 Å². The predicted octanol–water partition coefficient (Wildman–Crippen LogP) is 6.24. The molecule has 0 saturated heterocycles. The number of benzene rings is 4. The Morgan fingerprint density at radius 3 is 2.27 bits per heavy atom. The molecular weight excluding hydrogens is 432 g/mol. The number of halogens is 4. The molecule has 0 aliphatic carbocycles. The number of fused-ring (bicyclic) bond motifs is 2. The van der Waals surface area contributed by atoms with Crippen LogP contribution in [0, 0.1) is 12.7 Å². The van der Waals surface area contributed by atoms with Crippen LogP contribution < -0.4 is 10.4 Å². The fraction of sp³-hybridized carbons (Fsp3) is 0.154. The number of hydrazine groups is 1. The molecule has 0 spiro atoms. The van der Waals surface area contributed by atoms with Crippen molar-refractivity contribution in [3.63, 3.8) is 0 Å². The minimum absolute atomic E-state index is 0.0113. The molecule has 0 radical (unpaired) electrons. The summed E-state index contributed by atoms with van der Waals surface area (Å²) in [5.74, 6) is -0.647. The van der Waals surface area contributed by atoms with Crippen molar-refractivity contribution in [1.29, 1.82) is 0 Å². The lowest BCUT2D eigenvalue weighted by Crippen LogP contribution is -2.43. The minimum Gasteiger partial charge on any atom is -0.372 e. The lowest BCUT2D eigenvalue weighted by atomic mass is 9.82. The van der Waals surface area contributed by atoms with Crippen molar-refractivity contribution in [3.05, 3.63) is 107 Å². The van der Waals surface area contributed by atoms with Crippen LogP contribution in [0.25, 0.3) is 10.8 Å². The first-order valence-corrected chi connectivity index (χ1v) is 10.4. The third-order valence-corrected chi connectivity index (χ3v) is 6.13. The molecule has 3 nitrogen and oxygen atoms in total. The number of aryl methyl sites for hydroxylation is 1. The van der Waals surface area contributed by atoms with Crippen molar-refractivity contribution < 1.29 is 22.7 Å². The number of nitrogens with one attached hydrogen (secondary N) is 1. The van der Waals surface area contributed by atoms with Gasteiger partial charge in [0.15, 0.2) is 0 Å². The fourth-order valence-electron chi connectivity index (χ4n) is 4.39. The molecule has 1 unspecified atom stereocenters. The number of hydrogen-bond acceptors (Lipinski definition) is 3. The van der Waals surface area contributed by atoms with Gasteiger partial charge in [-0.25, -0.2) is 9.82 Å². The van der Waals surface area contributed by atoms with E-state index in [4.69, 9.17) is 0 Å². The maximum absolute atomic E-state index is 14.5. The maximum atomic E-state index is 14.5. The highest BCUT2D eigenvalue weighted by Crippen LogP contribution is 2.48. The summed E-state index contributed by atoms with van der Waals surface area (Å²) in [5.41, 5.74) is 2.39. The molecule has 2 N–H and O–H groups in total. The van der Waals surface area contributed by atoms with Crippen LogP contribution in [0.1, 0.15) is 22.3 Å². The van der Waals surface area contributed by atoms with E-state index in [2.05, 4.69) is 5.43 Å². The van der Waals surface area contributed by atoms with Gasteiger partial charge in [0.2, 0.25) is 5.60 Å². The van der Waals surface area contributed by atoms with Crippen LogP contribution in [0.2, 0.25) is 0 Å². The van der Waals surface area contributed by atoms with Crippen LogP contribution in [-0.2, 0) is 12.1 Å². The normalized spacial score (nSPS) is 15.5. The van der Waals surface area contributed by atoms with Gasteiger partial charge in [-0.1, -0.05) is 54.1 Å². The van der Waals surface area contributed by atoms with Crippen LogP contribution in [0.15, 0.2) is 78.9 Å². The number of alkyl halides is 3. The lowest BCUT2D eigenvalue weighted by molar-refractivity contribution is -0.247. The summed E-state index contributed by atoms with van der Waals surface area (Å²) in [6.45, 7) is 2.27. The molecule has 1 heterocycles. The van der Waals surface area contributed by atoms with E-state index in [-0.39, 0.29) is 16.3 Å². The Morgan fingerprint density at radius 2 is 1.58 bits per heavy atom. The van der Waals surface area contributed by atoms with Gasteiger partial charge in [0.05, 0.1) is 11.4 Å². The van der Waals surface area contributed by atoms with Crippen LogP contribution in [0.5, 0.6) is 0 Å². The van der Waals surface area contributed by atoms with Gasteiger partial charge >= 0.3 is 6.18 Å². The largest absolute Gasteiger partial charge is 0.425 e. The number of nitrogens with zero attached hydrogens (tertiary/aromatic N) is 1. The molecule has 7 heteroatoms. The molecule has 33 heavy (non-hydrogen) atoms. The summed E-state index contributed by atoms with van der Waals surface area (Å²) >= 11 is 0. The molecule has 0 amide bonds. The third-order valence-electron chi connectivity index (χ3n) is 6.13. The first kappa shape index (κ1) is 21.4. The Balaban J connectivity index is 1.65. The van der Waals surface area contributed by atoms with Crippen molar-refractivity contribution in [2.24, 2.45) is 0 Å². The Bertz CT molecular complexity index is 1350. The standard InChI is InChI=1S/C26H20F4N2O/c1-16-6-9-19(10-7-16)32-24-13-8-18(14-17(24)15-31-32)25(33,26(28,29)30)22-11-12-23(27)21-5-3-2-4-20(21)22/h2-14,31,33H,15H2,1H3. The molecule has 168 valence electrons. The number of anilines is 2. The Hall–Kier alpha value is -3.42. The molecule has 5 rings (SSSR count). The zero-order valence-electron chi connectivity index (χ0n) is 17.6. The van der Waals surface area contributed by atoms with E-state index in [9.17, 15) is 22.7 Å². The van der Waals surface area contributed by atoms with Gasteiger partial charge in [-0.3, -0.25) is 5.01 Å². The van der Waals surface area contributed by atoms with E-state index in [1.165, 1.54) is 30.3 Å². The molecule has 0 aromatic heterocycles. The quantitative estimate of drug-likeness (QED) is 0.361. The summed E-state index contributed by atoms with van der Waals surface area (Å²) in [7, 11) is 0. The van der Waals surface area contributed by atoms with E-state index in [0.717, 1.165) is 23.4 Å². The third kappa shape index (κ3) is 3.35. The van der Waals surface area contributed by atoms with Gasteiger partial charge in [0.25, 0.3) is 0 Å². The van der Waals surface area contributed by atoms with Crippen molar-refractivity contribution in [2.75, 3.05) is 5.01 Å². The van der Waals surface area contributed by atoms with Crippen LogP contribution >= 0.6 is 0 Å². The second kappa shape index (κ2) is 7.57. The smallest absolute Gasteiger partial charge is 0.372 e. The highest BCUT2D eigenvalue weighted by atomic mass is 19.4. The number of hydrogen-bond donors (Lipinski definition) is 2. The average Bonchev–Trinajstić information content (AvgIpc) is 3.22. The Labute approximate surface area is 187 Å². The van der Waals surface area contributed by atoms with Crippen LogP contribution in [-0.4, -0.2) is 11.3 Å². The van der Waals surface area contributed by atoms with Crippen molar-refractivity contribution in [1.82, 2.24) is 5.43 Å². The zero-order valence-corrected chi connectivity index (χ0v) is 17.6. The van der Waals surface area contributed by atoms with Crippen molar-refractivity contribution in [3.8, 4) is 0 Å². The van der Waals surface area contributed by atoms with Crippen LogP contribution in [0.3, 0.4) is 0 Å². The molecule has 0 bridgehead atoms. The Morgan fingerprint density at radius 1 is 0.879 bits per heavy atom. The SMILES string of the molecule is Cc1ccc(N2NCc3cc(C(O)(c4ccc(F)c5ccccc45)C(F)(F)F)ccc32)cc1. The monoisotopic (exact) mass is 452 g/mol. The maximum Gasteiger partial charge on any atom is 0.425 e. The average molecular weight is 452 g/mol. The van der Waals surface area contributed by atoms with Gasteiger partial charge in [0.1, 0.15) is 5.82 Å². The second-order valence-electron chi connectivity index (χ2n) is 8.20. The highest BCUT2D eigenvalue weighted by molar-refractivity contribution is 5.87. The first-order chi connectivity index (χ1) is 15.7. The van der Waals surface area contributed by atoms with Gasteiger partial charge in [0, 0.05) is 17.5 Å². The summed E-state index contributed by atoms with van der Waals surface area (Å²) in [6, 6.07) is 19.8. The van der Waals surface area contributed by atoms with E-state index >= 15 is 0 Å². The van der Waals surface area contributed by atoms with E-state index < -0.39 is 23.2 Å². The molecular formula is C26H20F4N2O. The summed E-state index contributed by atoms with van der Waals surface area (Å²) in [6.07, 6.45) is -5.04. The van der Waals surface area contributed by atoms with Gasteiger partial charge in [-0.2, -0.15) is 13.2 Å². The lowest BCUT2D eigenvalue weighted by Gasteiger charge is -2.33. The van der Waals surface area contributed by atoms with Gasteiger partial charge in [-0.05, 0) is 53.8 Å². The topological polar surface area (TPSA) is 35.5 Å². The molecule has 4 aromatic carbocycles.